The molecule has 1 aromatic heterocycles. The van der Waals surface area contributed by atoms with Crippen molar-refractivity contribution in [3.63, 3.8) is 0 Å². The van der Waals surface area contributed by atoms with Gasteiger partial charge in [0.1, 0.15) is 19.0 Å². The summed E-state index contributed by atoms with van der Waals surface area (Å²) in [5.74, 6) is 0.335. The summed E-state index contributed by atoms with van der Waals surface area (Å²) < 4.78 is 11.6. The summed E-state index contributed by atoms with van der Waals surface area (Å²) in [6.07, 6.45) is 1.71. The SMILES string of the molecule is CC1=C(C(=O)OCc2ccccc2)C(c2cn[nH]c2-c2ccc(OCc3ccccc3)cc2)NC(=S)N1. The maximum absolute atomic E-state index is 13.2. The molecule has 37 heavy (non-hydrogen) atoms. The van der Waals surface area contributed by atoms with E-state index >= 15 is 0 Å². The molecule has 1 atom stereocenters. The van der Waals surface area contributed by atoms with E-state index in [1.807, 2.05) is 91.9 Å². The number of hydrogen-bond donors (Lipinski definition) is 3. The molecule has 0 spiro atoms. The Bertz CT molecular complexity index is 1420. The molecular weight excluding hydrogens is 484 g/mol. The number of benzene rings is 3. The number of allylic oxidation sites excluding steroid dienone is 1. The Hall–Kier alpha value is -4.43. The molecule has 1 aliphatic rings. The van der Waals surface area contributed by atoms with Crippen molar-refractivity contribution < 1.29 is 14.3 Å². The Morgan fingerprint density at radius 2 is 1.57 bits per heavy atom. The van der Waals surface area contributed by atoms with Gasteiger partial charge in [-0.3, -0.25) is 5.10 Å². The van der Waals surface area contributed by atoms with Crippen molar-refractivity contribution >= 4 is 23.3 Å². The number of H-pyrrole nitrogens is 1. The molecule has 7 nitrogen and oxygen atoms in total. The highest BCUT2D eigenvalue weighted by Gasteiger charge is 2.33. The summed E-state index contributed by atoms with van der Waals surface area (Å²) in [5.41, 5.74) is 5.57. The maximum atomic E-state index is 13.2. The van der Waals surface area contributed by atoms with Gasteiger partial charge in [0.15, 0.2) is 5.11 Å². The lowest BCUT2D eigenvalue weighted by atomic mass is 9.94. The molecule has 0 radical (unpaired) electrons. The first-order chi connectivity index (χ1) is 18.1. The third-order valence-corrected chi connectivity index (χ3v) is 6.29. The fourth-order valence-corrected chi connectivity index (χ4v) is 4.47. The highest BCUT2D eigenvalue weighted by Crippen LogP contribution is 2.34. The Labute approximate surface area is 220 Å². The number of carbonyl (C=O) groups is 1. The lowest BCUT2D eigenvalue weighted by Crippen LogP contribution is -2.45. The molecule has 1 aliphatic heterocycles. The van der Waals surface area contributed by atoms with Crippen LogP contribution in [0.5, 0.6) is 5.75 Å². The van der Waals surface area contributed by atoms with E-state index in [4.69, 9.17) is 21.7 Å². The molecule has 0 fully saturated rings. The first kappa shape index (κ1) is 24.3. The van der Waals surface area contributed by atoms with Crippen molar-refractivity contribution in [2.75, 3.05) is 0 Å². The summed E-state index contributed by atoms with van der Waals surface area (Å²) >= 11 is 5.41. The third kappa shape index (κ3) is 5.70. The molecular formula is C29H26N4O3S. The first-order valence-electron chi connectivity index (χ1n) is 11.9. The third-order valence-electron chi connectivity index (χ3n) is 6.07. The molecule has 3 aromatic carbocycles. The van der Waals surface area contributed by atoms with Gasteiger partial charge in [0.2, 0.25) is 0 Å². The van der Waals surface area contributed by atoms with Crippen LogP contribution in [0, 0.1) is 0 Å². The number of rotatable bonds is 8. The number of aromatic nitrogens is 2. The molecule has 5 rings (SSSR count). The zero-order valence-corrected chi connectivity index (χ0v) is 21.0. The minimum absolute atomic E-state index is 0.177. The fraction of sp³-hybridized carbons (Fsp3) is 0.138. The molecule has 8 heteroatoms. The molecule has 186 valence electrons. The van der Waals surface area contributed by atoms with E-state index in [-0.39, 0.29) is 6.61 Å². The van der Waals surface area contributed by atoms with Crippen LogP contribution < -0.4 is 15.4 Å². The average Bonchev–Trinajstić information content (AvgIpc) is 3.42. The number of ether oxygens (including phenoxy) is 2. The van der Waals surface area contributed by atoms with Crippen molar-refractivity contribution in [1.29, 1.82) is 0 Å². The average molecular weight is 511 g/mol. The number of aromatic amines is 1. The van der Waals surface area contributed by atoms with Crippen molar-refractivity contribution in [3.8, 4) is 17.0 Å². The van der Waals surface area contributed by atoms with E-state index in [9.17, 15) is 4.79 Å². The van der Waals surface area contributed by atoms with Gasteiger partial charge in [0.05, 0.1) is 23.5 Å². The van der Waals surface area contributed by atoms with Gasteiger partial charge >= 0.3 is 5.97 Å². The van der Waals surface area contributed by atoms with Crippen LogP contribution in [-0.2, 0) is 22.7 Å². The predicted octanol–water partition coefficient (Wildman–Crippen LogP) is 5.19. The van der Waals surface area contributed by atoms with Gasteiger partial charge in [0, 0.05) is 16.8 Å². The van der Waals surface area contributed by atoms with E-state index in [1.54, 1.807) is 6.20 Å². The number of nitrogens with zero attached hydrogens (tertiary/aromatic N) is 1. The molecule has 0 bridgehead atoms. The molecule has 4 aromatic rings. The van der Waals surface area contributed by atoms with Gasteiger partial charge in [-0.15, -0.1) is 0 Å². The van der Waals surface area contributed by atoms with Crippen LogP contribution in [0.4, 0.5) is 0 Å². The predicted molar refractivity (Wildman–Crippen MR) is 145 cm³/mol. The Balaban J connectivity index is 1.35. The zero-order valence-electron chi connectivity index (χ0n) is 20.2. The summed E-state index contributed by atoms with van der Waals surface area (Å²) in [6.45, 7) is 2.48. The number of nitrogens with one attached hydrogen (secondary N) is 3. The van der Waals surface area contributed by atoms with Crippen molar-refractivity contribution in [3.05, 3.63) is 119 Å². The van der Waals surface area contributed by atoms with E-state index in [2.05, 4.69) is 20.8 Å². The Kier molecular flexibility index (Phi) is 7.28. The van der Waals surface area contributed by atoms with Crippen molar-refractivity contribution in [2.24, 2.45) is 0 Å². The lowest BCUT2D eigenvalue weighted by Gasteiger charge is -2.29. The molecule has 0 amide bonds. The zero-order chi connectivity index (χ0) is 25.6. The largest absolute Gasteiger partial charge is 0.489 e. The lowest BCUT2D eigenvalue weighted by molar-refractivity contribution is -0.140. The number of hydrogen-bond acceptors (Lipinski definition) is 5. The number of carbonyl (C=O) groups excluding carboxylic acids is 1. The monoisotopic (exact) mass is 510 g/mol. The summed E-state index contributed by atoms with van der Waals surface area (Å²) in [5, 5.41) is 14.0. The van der Waals surface area contributed by atoms with Crippen LogP contribution in [-0.4, -0.2) is 21.3 Å². The first-order valence-corrected chi connectivity index (χ1v) is 12.3. The van der Waals surface area contributed by atoms with Gasteiger partial charge < -0.3 is 20.1 Å². The van der Waals surface area contributed by atoms with Gasteiger partial charge in [0.25, 0.3) is 0 Å². The second-order valence-corrected chi connectivity index (χ2v) is 9.04. The van der Waals surface area contributed by atoms with E-state index in [1.165, 1.54) is 0 Å². The van der Waals surface area contributed by atoms with Gasteiger partial charge in [-0.1, -0.05) is 60.7 Å². The van der Waals surface area contributed by atoms with E-state index in [0.717, 1.165) is 33.7 Å². The standard InChI is InChI=1S/C29H26N4O3S/c1-19-25(28(34)36-18-21-10-6-3-7-11-21)27(32-29(37)31-19)24-16-30-33-26(24)22-12-14-23(15-13-22)35-17-20-8-4-2-5-9-20/h2-16,27H,17-18H2,1H3,(H,30,33)(H2,31,32,37). The molecule has 0 aliphatic carbocycles. The molecule has 2 heterocycles. The van der Waals surface area contributed by atoms with E-state index < -0.39 is 12.0 Å². The highest BCUT2D eigenvalue weighted by molar-refractivity contribution is 7.80. The Morgan fingerprint density at radius 3 is 2.24 bits per heavy atom. The van der Waals surface area contributed by atoms with Gasteiger partial charge in [-0.05, 0) is 54.5 Å². The van der Waals surface area contributed by atoms with E-state index in [0.29, 0.717) is 23.0 Å². The minimum Gasteiger partial charge on any atom is -0.489 e. The maximum Gasteiger partial charge on any atom is 0.338 e. The van der Waals surface area contributed by atoms with Gasteiger partial charge in [-0.2, -0.15) is 5.10 Å². The Morgan fingerprint density at radius 1 is 0.919 bits per heavy atom. The topological polar surface area (TPSA) is 88.3 Å². The van der Waals surface area contributed by atoms with Crippen LogP contribution >= 0.6 is 12.2 Å². The summed E-state index contributed by atoms with van der Waals surface area (Å²) in [6, 6.07) is 26.8. The molecule has 3 N–H and O–H groups in total. The van der Waals surface area contributed by atoms with Crippen molar-refractivity contribution in [2.45, 2.75) is 26.2 Å². The number of esters is 1. The molecule has 0 saturated carbocycles. The van der Waals surface area contributed by atoms with Crippen LogP contribution in [0.2, 0.25) is 0 Å². The molecule has 0 saturated heterocycles. The minimum atomic E-state index is -0.528. The second kappa shape index (κ2) is 11.1. The normalized spacial score (nSPS) is 15.1. The van der Waals surface area contributed by atoms with Gasteiger partial charge in [-0.25, -0.2) is 4.79 Å². The smallest absolute Gasteiger partial charge is 0.338 e. The highest BCUT2D eigenvalue weighted by atomic mass is 32.1. The van der Waals surface area contributed by atoms with Crippen LogP contribution in [0.15, 0.2) is 102 Å². The number of thiocarbonyl (C=S) groups is 1. The quantitative estimate of drug-likeness (QED) is 0.222. The molecule has 1 unspecified atom stereocenters. The van der Waals surface area contributed by atoms with Crippen LogP contribution in [0.3, 0.4) is 0 Å². The van der Waals surface area contributed by atoms with Crippen LogP contribution in [0.1, 0.15) is 29.7 Å². The fourth-order valence-electron chi connectivity index (χ4n) is 4.20. The van der Waals surface area contributed by atoms with Crippen LogP contribution in [0.25, 0.3) is 11.3 Å². The summed E-state index contributed by atoms with van der Waals surface area (Å²) in [7, 11) is 0. The van der Waals surface area contributed by atoms with Crippen molar-refractivity contribution in [1.82, 2.24) is 20.8 Å². The second-order valence-electron chi connectivity index (χ2n) is 8.63. The summed E-state index contributed by atoms with van der Waals surface area (Å²) in [4.78, 5) is 13.2.